The lowest BCUT2D eigenvalue weighted by Crippen LogP contribution is -2.35. The number of carbonyl (C=O) groups is 2. The largest absolute Gasteiger partial charge is 0.386 e. The van der Waals surface area contributed by atoms with Crippen molar-refractivity contribution in [1.82, 2.24) is 9.80 Å². The summed E-state index contributed by atoms with van der Waals surface area (Å²) in [5.41, 5.74) is -0.282. The fourth-order valence-electron chi connectivity index (χ4n) is 1.90. The highest BCUT2D eigenvalue weighted by Crippen LogP contribution is 2.21. The first-order valence-corrected chi connectivity index (χ1v) is 5.59. The number of hydrogen-bond acceptors (Lipinski definition) is 3. The number of hydrogen-bond donors (Lipinski definition) is 1. The van der Waals surface area contributed by atoms with E-state index in [1.165, 1.54) is 24.1 Å². The second-order valence-electron chi connectivity index (χ2n) is 4.30. The van der Waals surface area contributed by atoms with Crippen molar-refractivity contribution in [3.05, 3.63) is 35.4 Å². The number of likely N-dealkylation sites (N-methyl/N-ethyl adjacent to an activating group) is 1. The Bertz CT molecular complexity index is 536. The minimum absolute atomic E-state index is 0.0861. The average Bonchev–Trinajstić information content (AvgIpc) is 2.59. The number of imide groups is 1. The van der Waals surface area contributed by atoms with Gasteiger partial charge < -0.3 is 10.0 Å². The van der Waals surface area contributed by atoms with Crippen LogP contribution in [0.5, 0.6) is 0 Å². The van der Waals surface area contributed by atoms with Crippen molar-refractivity contribution >= 4 is 11.9 Å². The van der Waals surface area contributed by atoms with Crippen LogP contribution in [0.15, 0.2) is 18.2 Å². The summed E-state index contributed by atoms with van der Waals surface area (Å²) in [5, 5.41) is 9.84. The highest BCUT2D eigenvalue weighted by molar-refractivity contribution is 6.01. The molecule has 1 aliphatic rings. The van der Waals surface area contributed by atoms with Crippen LogP contribution in [-0.4, -0.2) is 47.0 Å². The molecule has 1 aromatic carbocycles. The van der Waals surface area contributed by atoms with Gasteiger partial charge in [-0.3, -0.25) is 9.69 Å². The molecule has 1 unspecified atom stereocenters. The monoisotopic (exact) mass is 270 g/mol. The lowest BCUT2D eigenvalue weighted by atomic mass is 10.1. The Labute approximate surface area is 108 Å². The predicted octanol–water partition coefficient (Wildman–Crippen LogP) is 0.892. The van der Waals surface area contributed by atoms with Crippen LogP contribution in [-0.2, 0) is 4.79 Å². The first-order chi connectivity index (χ1) is 8.91. The summed E-state index contributed by atoms with van der Waals surface area (Å²) in [5.74, 6) is -2.75. The van der Waals surface area contributed by atoms with Crippen molar-refractivity contribution in [2.24, 2.45) is 0 Å². The molecule has 5 nitrogen and oxygen atoms in total. The zero-order valence-electron chi connectivity index (χ0n) is 10.1. The number of urea groups is 1. The summed E-state index contributed by atoms with van der Waals surface area (Å²) < 4.78 is 26.5. The molecular weight excluding hydrogens is 258 g/mol. The second kappa shape index (κ2) is 4.93. The molecule has 1 aliphatic heterocycles. The highest BCUT2D eigenvalue weighted by atomic mass is 19.2. The van der Waals surface area contributed by atoms with E-state index in [2.05, 4.69) is 0 Å². The van der Waals surface area contributed by atoms with Crippen LogP contribution in [0, 0.1) is 11.6 Å². The molecule has 0 radical (unpaired) electrons. The van der Waals surface area contributed by atoms with E-state index < -0.39 is 36.2 Å². The third-order valence-corrected chi connectivity index (χ3v) is 2.93. The Hall–Kier alpha value is -2.02. The molecule has 0 aromatic heterocycles. The van der Waals surface area contributed by atoms with Gasteiger partial charge in [0.2, 0.25) is 5.91 Å². The minimum atomic E-state index is -1.46. The molecule has 1 heterocycles. The van der Waals surface area contributed by atoms with Gasteiger partial charge in [-0.15, -0.1) is 0 Å². The Morgan fingerprint density at radius 2 is 2.05 bits per heavy atom. The number of aliphatic hydroxyl groups is 1. The molecular formula is C12H12F2N2O3. The molecule has 1 atom stereocenters. The van der Waals surface area contributed by atoms with Gasteiger partial charge in [0.15, 0.2) is 11.6 Å². The fraction of sp³-hybridized carbons (Fsp3) is 0.333. The Kier molecular flexibility index (Phi) is 3.48. The van der Waals surface area contributed by atoms with Gasteiger partial charge in [0.05, 0.1) is 6.54 Å². The topological polar surface area (TPSA) is 60.9 Å². The molecule has 19 heavy (non-hydrogen) atoms. The molecule has 7 heteroatoms. The van der Waals surface area contributed by atoms with Crippen molar-refractivity contribution in [2.75, 3.05) is 20.1 Å². The quantitative estimate of drug-likeness (QED) is 0.830. The van der Waals surface area contributed by atoms with Gasteiger partial charge in [0.25, 0.3) is 0 Å². The Morgan fingerprint density at radius 1 is 1.37 bits per heavy atom. The van der Waals surface area contributed by atoms with Crippen LogP contribution in [0.4, 0.5) is 13.6 Å². The number of β-amino-alcohol motifs (C(OH)–C–C–N with tert-alkyl or cyclic N) is 1. The number of nitrogens with zero attached hydrogens (tertiary/aromatic N) is 2. The SMILES string of the molecule is CN1CC(=O)N(CC(O)c2cccc(F)c2F)C1=O. The third kappa shape index (κ3) is 2.41. The van der Waals surface area contributed by atoms with Crippen LogP contribution in [0.3, 0.4) is 0 Å². The smallest absolute Gasteiger partial charge is 0.327 e. The van der Waals surface area contributed by atoms with Gasteiger partial charge in [-0.2, -0.15) is 0 Å². The van der Waals surface area contributed by atoms with Crippen LogP contribution in [0.25, 0.3) is 0 Å². The van der Waals surface area contributed by atoms with Crippen LogP contribution in [0.2, 0.25) is 0 Å². The lowest BCUT2D eigenvalue weighted by Gasteiger charge is -2.19. The second-order valence-corrected chi connectivity index (χ2v) is 4.30. The molecule has 0 spiro atoms. The Balaban J connectivity index is 2.17. The maximum absolute atomic E-state index is 13.5. The summed E-state index contributed by atoms with van der Waals surface area (Å²) in [6.45, 7) is -0.487. The van der Waals surface area contributed by atoms with E-state index in [-0.39, 0.29) is 12.1 Å². The minimum Gasteiger partial charge on any atom is -0.386 e. The van der Waals surface area contributed by atoms with E-state index in [0.717, 1.165) is 11.0 Å². The number of aliphatic hydroxyl groups excluding tert-OH is 1. The number of halogens is 2. The van der Waals surface area contributed by atoms with Gasteiger partial charge in [0.1, 0.15) is 12.6 Å². The number of carbonyl (C=O) groups excluding carboxylic acids is 2. The number of rotatable bonds is 3. The molecule has 102 valence electrons. The van der Waals surface area contributed by atoms with E-state index in [9.17, 15) is 23.5 Å². The number of benzene rings is 1. The van der Waals surface area contributed by atoms with Crippen LogP contribution >= 0.6 is 0 Å². The molecule has 0 saturated carbocycles. The maximum atomic E-state index is 13.5. The van der Waals surface area contributed by atoms with E-state index in [1.54, 1.807) is 0 Å². The molecule has 1 fully saturated rings. The lowest BCUT2D eigenvalue weighted by molar-refractivity contribution is -0.126. The van der Waals surface area contributed by atoms with Gasteiger partial charge >= 0.3 is 6.03 Å². The zero-order valence-corrected chi connectivity index (χ0v) is 10.1. The average molecular weight is 270 g/mol. The van der Waals surface area contributed by atoms with Gasteiger partial charge in [-0.05, 0) is 6.07 Å². The van der Waals surface area contributed by atoms with E-state index in [4.69, 9.17) is 0 Å². The summed E-state index contributed by atoms with van der Waals surface area (Å²) in [6.07, 6.45) is -1.46. The van der Waals surface area contributed by atoms with Crippen molar-refractivity contribution in [3.63, 3.8) is 0 Å². The molecule has 3 amide bonds. The first-order valence-electron chi connectivity index (χ1n) is 5.59. The van der Waals surface area contributed by atoms with E-state index >= 15 is 0 Å². The first kappa shape index (κ1) is 13.4. The third-order valence-electron chi connectivity index (χ3n) is 2.93. The van der Waals surface area contributed by atoms with Crippen molar-refractivity contribution < 1.29 is 23.5 Å². The summed E-state index contributed by atoms with van der Waals surface area (Å²) in [7, 11) is 1.44. The van der Waals surface area contributed by atoms with Gasteiger partial charge in [0, 0.05) is 12.6 Å². The van der Waals surface area contributed by atoms with Crippen LogP contribution < -0.4 is 0 Å². The normalized spacial score (nSPS) is 17.3. The van der Waals surface area contributed by atoms with Gasteiger partial charge in [-0.1, -0.05) is 12.1 Å². The predicted molar refractivity (Wildman–Crippen MR) is 61.1 cm³/mol. The highest BCUT2D eigenvalue weighted by Gasteiger charge is 2.35. The molecule has 1 saturated heterocycles. The van der Waals surface area contributed by atoms with Crippen molar-refractivity contribution in [2.45, 2.75) is 6.10 Å². The number of amides is 3. The zero-order chi connectivity index (χ0) is 14.2. The summed E-state index contributed by atoms with van der Waals surface area (Å²) >= 11 is 0. The maximum Gasteiger partial charge on any atom is 0.327 e. The molecule has 1 aromatic rings. The Morgan fingerprint density at radius 3 is 2.63 bits per heavy atom. The van der Waals surface area contributed by atoms with Crippen LogP contribution in [0.1, 0.15) is 11.7 Å². The van der Waals surface area contributed by atoms with Gasteiger partial charge in [-0.25, -0.2) is 13.6 Å². The molecule has 0 bridgehead atoms. The van der Waals surface area contributed by atoms with Crippen molar-refractivity contribution in [1.29, 1.82) is 0 Å². The van der Waals surface area contributed by atoms with E-state index in [0.29, 0.717) is 0 Å². The summed E-state index contributed by atoms with van der Waals surface area (Å²) in [4.78, 5) is 25.1. The van der Waals surface area contributed by atoms with Crippen molar-refractivity contribution in [3.8, 4) is 0 Å². The fourth-order valence-corrected chi connectivity index (χ4v) is 1.90. The molecule has 0 aliphatic carbocycles. The standard InChI is InChI=1S/C12H12F2N2O3/c1-15-6-10(18)16(12(15)19)5-9(17)7-3-2-4-8(13)11(7)14/h2-4,9,17H,5-6H2,1H3. The van der Waals surface area contributed by atoms with E-state index in [1.807, 2.05) is 0 Å². The summed E-state index contributed by atoms with van der Waals surface area (Å²) in [6, 6.07) is 2.81. The molecule has 2 rings (SSSR count). The molecule has 1 N–H and O–H groups in total.